The maximum Gasteiger partial charge on any atom is 0.255 e. The molecule has 0 spiro atoms. The summed E-state index contributed by atoms with van der Waals surface area (Å²) in [7, 11) is 0. The van der Waals surface area contributed by atoms with Gasteiger partial charge in [0.05, 0.1) is 0 Å². The van der Waals surface area contributed by atoms with Gasteiger partial charge in [0.15, 0.2) is 0 Å². The number of carbonyl (C=O) groups excluding carboxylic acids is 2. The van der Waals surface area contributed by atoms with Crippen molar-refractivity contribution >= 4 is 17.5 Å². The minimum Gasteiger partial charge on any atom is -0.348 e. The molecule has 3 aromatic carbocycles. The zero-order valence-corrected chi connectivity index (χ0v) is 15.5. The first-order chi connectivity index (χ1) is 13.0. The average Bonchev–Trinajstić information content (AvgIpc) is 2.69. The molecule has 2 N–H and O–H groups in total. The van der Waals surface area contributed by atoms with Crippen molar-refractivity contribution in [1.29, 1.82) is 0 Å². The molecule has 0 atom stereocenters. The first kappa shape index (κ1) is 18.4. The lowest BCUT2D eigenvalue weighted by atomic mass is 10.1. The van der Waals surface area contributed by atoms with Crippen molar-refractivity contribution in [2.75, 3.05) is 5.32 Å². The second-order valence-corrected chi connectivity index (χ2v) is 6.46. The van der Waals surface area contributed by atoms with E-state index in [4.69, 9.17) is 0 Å². The van der Waals surface area contributed by atoms with Crippen LogP contribution in [0.2, 0.25) is 0 Å². The number of amides is 2. The summed E-state index contributed by atoms with van der Waals surface area (Å²) in [5, 5.41) is 5.80. The Kier molecular flexibility index (Phi) is 5.67. The van der Waals surface area contributed by atoms with E-state index in [0.29, 0.717) is 17.7 Å². The number of aryl methyl sites for hydroxylation is 2. The van der Waals surface area contributed by atoms with E-state index in [2.05, 4.69) is 10.6 Å². The first-order valence-corrected chi connectivity index (χ1v) is 8.84. The van der Waals surface area contributed by atoms with E-state index in [1.807, 2.05) is 62.4 Å². The molecule has 0 unspecified atom stereocenters. The normalized spacial score (nSPS) is 10.3. The van der Waals surface area contributed by atoms with Crippen molar-refractivity contribution in [3.8, 4) is 0 Å². The molecule has 0 saturated carbocycles. The number of anilines is 1. The van der Waals surface area contributed by atoms with Crippen molar-refractivity contribution in [1.82, 2.24) is 5.32 Å². The molecule has 0 bridgehead atoms. The quantitative estimate of drug-likeness (QED) is 0.706. The summed E-state index contributed by atoms with van der Waals surface area (Å²) < 4.78 is 0. The molecule has 136 valence electrons. The van der Waals surface area contributed by atoms with Gasteiger partial charge in [0.2, 0.25) is 0 Å². The summed E-state index contributed by atoms with van der Waals surface area (Å²) in [6.07, 6.45) is 0. The Balaban J connectivity index is 1.69. The molecule has 0 fully saturated rings. The van der Waals surface area contributed by atoms with E-state index < -0.39 is 0 Å². The largest absolute Gasteiger partial charge is 0.348 e. The van der Waals surface area contributed by atoms with E-state index in [0.717, 1.165) is 22.4 Å². The summed E-state index contributed by atoms with van der Waals surface area (Å²) in [6, 6.07) is 22.2. The van der Waals surface area contributed by atoms with Gasteiger partial charge in [-0.15, -0.1) is 0 Å². The van der Waals surface area contributed by atoms with Gasteiger partial charge in [-0.05, 0) is 54.8 Å². The zero-order valence-electron chi connectivity index (χ0n) is 15.5. The lowest BCUT2D eigenvalue weighted by molar-refractivity contribution is 0.0951. The molecule has 0 radical (unpaired) electrons. The number of rotatable bonds is 5. The van der Waals surface area contributed by atoms with E-state index >= 15 is 0 Å². The third-order valence-electron chi connectivity index (χ3n) is 4.48. The molecule has 0 saturated heterocycles. The van der Waals surface area contributed by atoms with Gasteiger partial charge in [-0.2, -0.15) is 0 Å². The highest BCUT2D eigenvalue weighted by Gasteiger charge is 2.11. The molecule has 0 aliphatic carbocycles. The maximum absolute atomic E-state index is 12.5. The highest BCUT2D eigenvalue weighted by Crippen LogP contribution is 2.15. The van der Waals surface area contributed by atoms with Crippen LogP contribution in [0.1, 0.15) is 37.4 Å². The molecule has 4 heteroatoms. The fourth-order valence-electron chi connectivity index (χ4n) is 2.80. The van der Waals surface area contributed by atoms with Gasteiger partial charge in [-0.25, -0.2) is 0 Å². The van der Waals surface area contributed by atoms with Gasteiger partial charge in [0.25, 0.3) is 11.8 Å². The summed E-state index contributed by atoms with van der Waals surface area (Å²) in [6.45, 7) is 4.40. The predicted molar refractivity (Wildman–Crippen MR) is 108 cm³/mol. The molecule has 3 aromatic rings. The number of nitrogens with one attached hydrogen (secondary N) is 2. The number of para-hydroxylation sites is 1. The molecule has 0 aromatic heterocycles. The Morgan fingerprint density at radius 3 is 2.07 bits per heavy atom. The van der Waals surface area contributed by atoms with Crippen molar-refractivity contribution in [3.05, 3.63) is 101 Å². The minimum absolute atomic E-state index is 0.205. The van der Waals surface area contributed by atoms with Gasteiger partial charge in [0.1, 0.15) is 0 Å². The Labute approximate surface area is 159 Å². The van der Waals surface area contributed by atoms with Crippen LogP contribution < -0.4 is 10.6 Å². The maximum atomic E-state index is 12.5. The Hall–Kier alpha value is -3.40. The molecular weight excluding hydrogens is 336 g/mol. The summed E-state index contributed by atoms with van der Waals surface area (Å²) >= 11 is 0. The fraction of sp³-hybridized carbons (Fsp3) is 0.130. The van der Waals surface area contributed by atoms with Crippen LogP contribution in [-0.2, 0) is 6.54 Å². The van der Waals surface area contributed by atoms with Crippen LogP contribution in [0, 0.1) is 13.8 Å². The second kappa shape index (κ2) is 8.32. The summed E-state index contributed by atoms with van der Waals surface area (Å²) in [4.78, 5) is 25.0. The number of carbonyl (C=O) groups is 2. The summed E-state index contributed by atoms with van der Waals surface area (Å²) in [5.41, 5.74) is 4.85. The molecule has 3 rings (SSSR count). The highest BCUT2D eigenvalue weighted by molar-refractivity contribution is 6.06. The van der Waals surface area contributed by atoms with Gasteiger partial charge in [-0.3, -0.25) is 9.59 Å². The molecule has 0 aliphatic rings. The molecular formula is C23H22N2O2. The van der Waals surface area contributed by atoms with E-state index in [1.54, 1.807) is 24.3 Å². The number of hydrogen-bond donors (Lipinski definition) is 2. The van der Waals surface area contributed by atoms with Crippen LogP contribution in [0.3, 0.4) is 0 Å². The lowest BCUT2D eigenvalue weighted by Gasteiger charge is -2.10. The van der Waals surface area contributed by atoms with Crippen LogP contribution >= 0.6 is 0 Å². The van der Waals surface area contributed by atoms with Crippen LogP contribution in [-0.4, -0.2) is 11.8 Å². The van der Waals surface area contributed by atoms with Crippen molar-refractivity contribution in [2.45, 2.75) is 20.4 Å². The minimum atomic E-state index is -0.238. The van der Waals surface area contributed by atoms with E-state index in [1.165, 1.54) is 0 Å². The Morgan fingerprint density at radius 2 is 1.37 bits per heavy atom. The number of benzene rings is 3. The van der Waals surface area contributed by atoms with Gasteiger partial charge >= 0.3 is 0 Å². The number of hydrogen-bond acceptors (Lipinski definition) is 2. The van der Waals surface area contributed by atoms with Gasteiger partial charge in [-0.1, -0.05) is 48.5 Å². The van der Waals surface area contributed by atoms with Crippen molar-refractivity contribution in [3.63, 3.8) is 0 Å². The Bertz CT molecular complexity index is 979. The third kappa shape index (κ3) is 4.61. The Morgan fingerprint density at radius 1 is 0.741 bits per heavy atom. The lowest BCUT2D eigenvalue weighted by Crippen LogP contribution is -2.23. The van der Waals surface area contributed by atoms with Crippen LogP contribution in [0.15, 0.2) is 72.8 Å². The topological polar surface area (TPSA) is 58.2 Å². The van der Waals surface area contributed by atoms with Gasteiger partial charge in [0, 0.05) is 23.4 Å². The zero-order chi connectivity index (χ0) is 19.2. The molecule has 0 aliphatic heterocycles. The average molecular weight is 358 g/mol. The molecule has 4 nitrogen and oxygen atoms in total. The summed E-state index contributed by atoms with van der Waals surface area (Å²) in [5.74, 6) is -0.443. The smallest absolute Gasteiger partial charge is 0.255 e. The first-order valence-electron chi connectivity index (χ1n) is 8.84. The standard InChI is InChI=1S/C23H22N2O2/c1-16-8-3-5-10-20(16)15-24-22(26)18-11-7-12-19(14-18)23(27)25-21-13-6-4-9-17(21)2/h3-14H,15H2,1-2H3,(H,24,26)(H,25,27). The monoisotopic (exact) mass is 358 g/mol. The van der Waals surface area contributed by atoms with Crippen molar-refractivity contribution in [2.24, 2.45) is 0 Å². The van der Waals surface area contributed by atoms with Crippen LogP contribution in [0.4, 0.5) is 5.69 Å². The highest BCUT2D eigenvalue weighted by atomic mass is 16.2. The van der Waals surface area contributed by atoms with E-state index in [9.17, 15) is 9.59 Å². The third-order valence-corrected chi connectivity index (χ3v) is 4.48. The van der Waals surface area contributed by atoms with Crippen LogP contribution in [0.5, 0.6) is 0 Å². The fourth-order valence-corrected chi connectivity index (χ4v) is 2.80. The molecule has 2 amide bonds. The SMILES string of the molecule is Cc1ccccc1CNC(=O)c1cccc(C(=O)Nc2ccccc2C)c1. The second-order valence-electron chi connectivity index (χ2n) is 6.46. The predicted octanol–water partition coefficient (Wildman–Crippen LogP) is 4.49. The van der Waals surface area contributed by atoms with Gasteiger partial charge < -0.3 is 10.6 Å². The molecule has 27 heavy (non-hydrogen) atoms. The molecule has 0 heterocycles. The van der Waals surface area contributed by atoms with Crippen LogP contribution in [0.25, 0.3) is 0 Å². The van der Waals surface area contributed by atoms with Crippen molar-refractivity contribution < 1.29 is 9.59 Å². The van der Waals surface area contributed by atoms with E-state index in [-0.39, 0.29) is 11.8 Å².